The molecule has 4 aromatic rings. The highest BCUT2D eigenvalue weighted by Gasteiger charge is 2.41. The first-order valence-electron chi connectivity index (χ1n) is 10.3. The van der Waals surface area contributed by atoms with Crippen LogP contribution in [0.5, 0.6) is 0 Å². The molecule has 4 heterocycles. The lowest BCUT2D eigenvalue weighted by Crippen LogP contribution is -2.30. The molecule has 1 aliphatic rings. The quantitative estimate of drug-likeness (QED) is 0.468. The summed E-state index contributed by atoms with van der Waals surface area (Å²) in [6, 6.07) is 22.9. The van der Waals surface area contributed by atoms with Crippen molar-refractivity contribution in [3.63, 3.8) is 0 Å². The standard InChI is InChI=1S/C25H23N5S/c1-18-7-9-20(10-8-18)29-16-4-6-22(29)24-23(21-5-2-3-13-27-21)28-25(31)30(24)17-19-11-14-26-15-12-19/h2-16,23-24H,17H2,1H3,(H,28,31)/t23-,24+/m0/s1. The van der Waals surface area contributed by atoms with Crippen molar-refractivity contribution >= 4 is 17.3 Å². The Kier molecular flexibility index (Phi) is 5.22. The van der Waals surface area contributed by atoms with Crippen LogP contribution in [0, 0.1) is 6.92 Å². The molecule has 0 unspecified atom stereocenters. The molecule has 2 atom stereocenters. The summed E-state index contributed by atoms with van der Waals surface area (Å²) < 4.78 is 2.25. The molecule has 1 aromatic carbocycles. The molecule has 0 amide bonds. The maximum absolute atomic E-state index is 5.81. The van der Waals surface area contributed by atoms with E-state index in [0.717, 1.165) is 16.5 Å². The second-order valence-electron chi connectivity index (χ2n) is 7.75. The average molecular weight is 426 g/mol. The maximum Gasteiger partial charge on any atom is 0.170 e. The second kappa shape index (κ2) is 8.32. The maximum atomic E-state index is 5.81. The number of aromatic nitrogens is 3. The number of rotatable bonds is 5. The molecule has 0 bridgehead atoms. The Bertz CT molecular complexity index is 1170. The van der Waals surface area contributed by atoms with Crippen LogP contribution in [0.3, 0.4) is 0 Å². The van der Waals surface area contributed by atoms with Gasteiger partial charge in [-0.05, 0) is 73.2 Å². The minimum Gasteiger partial charge on any atom is -0.352 e. The van der Waals surface area contributed by atoms with Gasteiger partial charge >= 0.3 is 0 Å². The molecule has 5 rings (SSSR count). The number of aryl methyl sites for hydroxylation is 1. The van der Waals surface area contributed by atoms with Crippen molar-refractivity contribution in [1.29, 1.82) is 0 Å². The largest absolute Gasteiger partial charge is 0.352 e. The summed E-state index contributed by atoms with van der Waals surface area (Å²) in [6.45, 7) is 2.80. The van der Waals surface area contributed by atoms with Crippen molar-refractivity contribution < 1.29 is 0 Å². The summed E-state index contributed by atoms with van der Waals surface area (Å²) in [5, 5.41) is 4.26. The summed E-state index contributed by atoms with van der Waals surface area (Å²) in [6.07, 6.45) is 7.59. The van der Waals surface area contributed by atoms with Gasteiger partial charge in [0.05, 0.1) is 17.8 Å². The normalized spacial score (nSPS) is 18.2. The first kappa shape index (κ1) is 19.5. The summed E-state index contributed by atoms with van der Waals surface area (Å²) in [4.78, 5) is 11.0. The van der Waals surface area contributed by atoms with E-state index in [9.17, 15) is 0 Å². The lowest BCUT2D eigenvalue weighted by molar-refractivity contribution is 0.302. The molecule has 1 N–H and O–H groups in total. The lowest BCUT2D eigenvalue weighted by atomic mass is 10.0. The fourth-order valence-electron chi connectivity index (χ4n) is 4.16. The van der Waals surface area contributed by atoms with Gasteiger partial charge in [0.1, 0.15) is 0 Å². The zero-order chi connectivity index (χ0) is 21.2. The molecule has 0 aliphatic carbocycles. The summed E-state index contributed by atoms with van der Waals surface area (Å²) >= 11 is 5.81. The van der Waals surface area contributed by atoms with E-state index in [1.165, 1.54) is 16.8 Å². The van der Waals surface area contributed by atoms with E-state index >= 15 is 0 Å². The molecule has 0 saturated carbocycles. The third kappa shape index (κ3) is 3.82. The third-order valence-electron chi connectivity index (χ3n) is 5.70. The van der Waals surface area contributed by atoms with Gasteiger partial charge in [0.2, 0.25) is 0 Å². The van der Waals surface area contributed by atoms with Gasteiger partial charge in [-0.15, -0.1) is 0 Å². The van der Waals surface area contributed by atoms with Gasteiger partial charge < -0.3 is 14.8 Å². The highest BCUT2D eigenvalue weighted by Crippen LogP contribution is 2.40. The van der Waals surface area contributed by atoms with E-state index in [-0.39, 0.29) is 12.1 Å². The predicted molar refractivity (Wildman–Crippen MR) is 126 cm³/mol. The number of pyridine rings is 2. The van der Waals surface area contributed by atoms with E-state index in [4.69, 9.17) is 12.2 Å². The van der Waals surface area contributed by atoms with Crippen molar-refractivity contribution in [3.05, 3.63) is 114 Å². The molecule has 6 heteroatoms. The fraction of sp³-hybridized carbons (Fsp3) is 0.160. The van der Waals surface area contributed by atoms with Gasteiger partial charge in [-0.25, -0.2) is 0 Å². The molecule has 1 aliphatic heterocycles. The number of thiocarbonyl (C=S) groups is 1. The van der Waals surface area contributed by atoms with Crippen molar-refractivity contribution in [2.75, 3.05) is 0 Å². The topological polar surface area (TPSA) is 46.0 Å². The number of nitrogens with one attached hydrogen (secondary N) is 1. The van der Waals surface area contributed by atoms with Crippen molar-refractivity contribution in [3.8, 4) is 5.69 Å². The zero-order valence-corrected chi connectivity index (χ0v) is 18.0. The Morgan fingerprint density at radius 3 is 2.48 bits per heavy atom. The van der Waals surface area contributed by atoms with Gasteiger partial charge in [0.25, 0.3) is 0 Å². The van der Waals surface area contributed by atoms with Crippen molar-refractivity contribution in [1.82, 2.24) is 24.8 Å². The molecule has 154 valence electrons. The van der Waals surface area contributed by atoms with Crippen LogP contribution in [0.1, 0.15) is 34.6 Å². The lowest BCUT2D eigenvalue weighted by Gasteiger charge is -2.29. The Labute approximate surface area is 187 Å². The average Bonchev–Trinajstić information content (AvgIpc) is 3.40. The predicted octanol–water partition coefficient (Wildman–Crippen LogP) is 4.75. The minimum atomic E-state index is -0.0466. The summed E-state index contributed by atoms with van der Waals surface area (Å²) in [5.74, 6) is 0. The van der Waals surface area contributed by atoms with Crippen LogP contribution in [0.4, 0.5) is 0 Å². The van der Waals surface area contributed by atoms with E-state index in [1.807, 2.05) is 42.9 Å². The fourth-order valence-corrected chi connectivity index (χ4v) is 4.46. The Morgan fingerprint density at radius 2 is 1.74 bits per heavy atom. The third-order valence-corrected chi connectivity index (χ3v) is 6.05. The van der Waals surface area contributed by atoms with E-state index < -0.39 is 0 Å². The molecule has 31 heavy (non-hydrogen) atoms. The number of benzene rings is 1. The molecule has 5 nitrogen and oxygen atoms in total. The molecule has 0 spiro atoms. The van der Waals surface area contributed by atoms with Crippen molar-refractivity contribution in [2.24, 2.45) is 0 Å². The number of hydrogen-bond acceptors (Lipinski definition) is 3. The SMILES string of the molecule is Cc1ccc(-n2cccc2[C@@H]2[C@H](c3ccccn3)NC(=S)N2Cc2ccncc2)cc1. The van der Waals surface area contributed by atoms with Crippen LogP contribution < -0.4 is 5.32 Å². The smallest absolute Gasteiger partial charge is 0.170 e. The highest BCUT2D eigenvalue weighted by atomic mass is 32.1. The van der Waals surface area contributed by atoms with Gasteiger partial charge in [0.15, 0.2) is 5.11 Å². The Morgan fingerprint density at radius 1 is 0.935 bits per heavy atom. The van der Waals surface area contributed by atoms with E-state index in [1.54, 1.807) is 0 Å². The van der Waals surface area contributed by atoms with Crippen LogP contribution in [0.15, 0.2) is 91.5 Å². The molecule has 1 saturated heterocycles. The summed E-state index contributed by atoms with van der Waals surface area (Å²) in [5.41, 5.74) is 5.68. The van der Waals surface area contributed by atoms with Gasteiger partial charge in [-0.1, -0.05) is 23.8 Å². The van der Waals surface area contributed by atoms with E-state index in [2.05, 4.69) is 80.3 Å². The first-order chi connectivity index (χ1) is 15.2. The summed E-state index contributed by atoms with van der Waals surface area (Å²) in [7, 11) is 0. The monoisotopic (exact) mass is 425 g/mol. The minimum absolute atomic E-state index is 0.00753. The van der Waals surface area contributed by atoms with Crippen LogP contribution in [0.25, 0.3) is 5.69 Å². The van der Waals surface area contributed by atoms with E-state index in [0.29, 0.717) is 6.54 Å². The highest BCUT2D eigenvalue weighted by molar-refractivity contribution is 7.80. The van der Waals surface area contributed by atoms with Gasteiger partial charge in [-0.3, -0.25) is 9.97 Å². The number of nitrogens with zero attached hydrogens (tertiary/aromatic N) is 4. The number of hydrogen-bond donors (Lipinski definition) is 1. The molecule has 1 fully saturated rings. The second-order valence-corrected chi connectivity index (χ2v) is 8.14. The van der Waals surface area contributed by atoms with Gasteiger partial charge in [-0.2, -0.15) is 0 Å². The van der Waals surface area contributed by atoms with Crippen LogP contribution in [-0.4, -0.2) is 24.5 Å². The van der Waals surface area contributed by atoms with Gasteiger partial charge in [0, 0.05) is 42.7 Å². The first-order valence-corrected chi connectivity index (χ1v) is 10.7. The van der Waals surface area contributed by atoms with Crippen LogP contribution in [0.2, 0.25) is 0 Å². The Balaban J connectivity index is 1.60. The molecule has 0 radical (unpaired) electrons. The zero-order valence-electron chi connectivity index (χ0n) is 17.2. The van der Waals surface area contributed by atoms with Crippen molar-refractivity contribution in [2.45, 2.75) is 25.6 Å². The van der Waals surface area contributed by atoms with Crippen LogP contribution >= 0.6 is 12.2 Å². The Hall–Kier alpha value is -3.51. The molecule has 3 aromatic heterocycles. The molecular formula is C25H23N5S. The van der Waals surface area contributed by atoms with Crippen LogP contribution in [-0.2, 0) is 6.54 Å². The molecular weight excluding hydrogens is 402 g/mol.